The van der Waals surface area contributed by atoms with E-state index in [0.717, 1.165) is 29.1 Å². The number of benzene rings is 2. The zero-order chi connectivity index (χ0) is 18.8. The fourth-order valence-corrected chi connectivity index (χ4v) is 4.94. The van der Waals surface area contributed by atoms with Gasteiger partial charge in [-0.05, 0) is 84.3 Å². The van der Waals surface area contributed by atoms with Gasteiger partial charge in [-0.15, -0.1) is 0 Å². The number of hydrogen-bond donors (Lipinski definition) is 1. The molecular weight excluding hydrogens is 420 g/mol. The van der Waals surface area contributed by atoms with E-state index < -0.39 is 0 Å². The largest absolute Gasteiger partial charge is 0.315 e. The molecule has 1 atom stereocenters. The second-order valence-electron chi connectivity index (χ2n) is 8.15. The third-order valence-corrected chi connectivity index (χ3v) is 7.45. The Morgan fingerprint density at radius 2 is 1.89 bits per heavy atom. The van der Waals surface area contributed by atoms with Gasteiger partial charge in [-0.3, -0.25) is 4.90 Å². The first-order valence-corrected chi connectivity index (χ1v) is 11.2. The third kappa shape index (κ3) is 4.59. The summed E-state index contributed by atoms with van der Waals surface area (Å²) in [4.78, 5) is 2.75. The topological polar surface area (TPSA) is 15.3 Å². The van der Waals surface area contributed by atoms with Gasteiger partial charge in [0.05, 0.1) is 5.02 Å². The molecule has 4 heteroatoms. The van der Waals surface area contributed by atoms with Gasteiger partial charge < -0.3 is 5.32 Å². The molecule has 2 aromatic carbocycles. The normalized spacial score (nSPS) is 25.4. The summed E-state index contributed by atoms with van der Waals surface area (Å²) in [5, 5.41) is 4.40. The fraction of sp³-hybridized carbons (Fsp3) is 0.478. The van der Waals surface area contributed by atoms with E-state index in [-0.39, 0.29) is 0 Å². The molecule has 1 aliphatic carbocycles. The van der Waals surface area contributed by atoms with Gasteiger partial charge in [0, 0.05) is 29.6 Å². The first-order chi connectivity index (χ1) is 13.1. The maximum atomic E-state index is 6.35. The molecule has 1 aliphatic heterocycles. The second kappa shape index (κ2) is 8.65. The molecule has 1 saturated heterocycles. The first-order valence-electron chi connectivity index (χ1n) is 10.1. The Balaban J connectivity index is 1.47. The van der Waals surface area contributed by atoms with Crippen LogP contribution in [0.1, 0.15) is 48.3 Å². The van der Waals surface area contributed by atoms with Crippen molar-refractivity contribution in [3.8, 4) is 0 Å². The maximum Gasteiger partial charge on any atom is 0.0551 e. The lowest BCUT2D eigenvalue weighted by atomic mass is 9.74. The Morgan fingerprint density at radius 3 is 2.56 bits per heavy atom. The van der Waals surface area contributed by atoms with Crippen molar-refractivity contribution in [2.24, 2.45) is 0 Å². The van der Waals surface area contributed by atoms with Crippen LogP contribution in [0, 0.1) is 6.92 Å². The van der Waals surface area contributed by atoms with Gasteiger partial charge in [-0.2, -0.15) is 0 Å². The van der Waals surface area contributed by atoms with E-state index in [1.807, 2.05) is 0 Å². The van der Waals surface area contributed by atoms with Gasteiger partial charge in [0.15, 0.2) is 0 Å². The Bertz CT molecular complexity index is 764. The molecule has 2 aliphatic rings. The molecule has 0 radical (unpaired) electrons. The predicted molar refractivity (Wildman–Crippen MR) is 118 cm³/mol. The van der Waals surface area contributed by atoms with E-state index in [0.29, 0.717) is 18.0 Å². The van der Waals surface area contributed by atoms with Crippen molar-refractivity contribution in [1.82, 2.24) is 10.2 Å². The summed E-state index contributed by atoms with van der Waals surface area (Å²) in [7, 11) is 0. The first kappa shape index (κ1) is 19.4. The number of rotatable bonds is 5. The van der Waals surface area contributed by atoms with Crippen molar-refractivity contribution in [1.29, 1.82) is 0 Å². The molecular formula is C23H28BrClN2. The van der Waals surface area contributed by atoms with Crippen LogP contribution < -0.4 is 5.32 Å². The summed E-state index contributed by atoms with van der Waals surface area (Å²) in [6.45, 7) is 5.42. The molecule has 2 nitrogen and oxygen atoms in total. The minimum atomic E-state index is 0.630. The van der Waals surface area contributed by atoms with Crippen molar-refractivity contribution in [3.05, 3.63) is 68.7 Å². The molecule has 1 heterocycles. The molecule has 1 N–H and O–H groups in total. The highest BCUT2D eigenvalue weighted by Crippen LogP contribution is 2.41. The van der Waals surface area contributed by atoms with Gasteiger partial charge in [0.1, 0.15) is 0 Å². The summed E-state index contributed by atoms with van der Waals surface area (Å²) in [6, 6.07) is 16.8. The number of aryl methyl sites for hydroxylation is 1. The molecule has 1 saturated carbocycles. The van der Waals surface area contributed by atoms with E-state index in [2.05, 4.69) is 75.5 Å². The molecule has 0 bridgehead atoms. The van der Waals surface area contributed by atoms with Crippen LogP contribution in [-0.4, -0.2) is 30.1 Å². The van der Waals surface area contributed by atoms with Crippen LogP contribution in [0.2, 0.25) is 5.02 Å². The summed E-state index contributed by atoms with van der Waals surface area (Å²) in [5.74, 6) is 0.711. The number of hydrogen-bond acceptors (Lipinski definition) is 2. The molecule has 0 aromatic heterocycles. The van der Waals surface area contributed by atoms with Crippen molar-refractivity contribution in [3.63, 3.8) is 0 Å². The average Bonchev–Trinajstić information content (AvgIpc) is 2.65. The van der Waals surface area contributed by atoms with Gasteiger partial charge in [0.25, 0.3) is 0 Å². The zero-order valence-electron chi connectivity index (χ0n) is 15.9. The molecule has 144 valence electrons. The lowest BCUT2D eigenvalue weighted by molar-refractivity contribution is 0.0461. The summed E-state index contributed by atoms with van der Waals surface area (Å²) in [6.07, 6.45) is 5.10. The number of nitrogens with one attached hydrogen (secondary N) is 1. The van der Waals surface area contributed by atoms with E-state index in [1.54, 1.807) is 0 Å². The van der Waals surface area contributed by atoms with Crippen LogP contribution in [0.4, 0.5) is 0 Å². The van der Waals surface area contributed by atoms with Gasteiger partial charge in [-0.1, -0.05) is 47.5 Å². The SMILES string of the molecule is Cc1ccc(C2CC(N(Cc3ccc(Br)c(Cl)c3)C3CCCNC3)C2)cc1. The molecule has 2 fully saturated rings. The average molecular weight is 448 g/mol. The Kier molecular flexibility index (Phi) is 6.23. The second-order valence-corrected chi connectivity index (χ2v) is 9.42. The Labute approximate surface area is 176 Å². The van der Waals surface area contributed by atoms with E-state index >= 15 is 0 Å². The highest BCUT2D eigenvalue weighted by Gasteiger charge is 2.37. The highest BCUT2D eigenvalue weighted by molar-refractivity contribution is 9.10. The Hall–Kier alpha value is -0.870. The smallest absolute Gasteiger partial charge is 0.0551 e. The lowest BCUT2D eigenvalue weighted by Gasteiger charge is -2.48. The number of nitrogens with zero attached hydrogens (tertiary/aromatic N) is 1. The minimum Gasteiger partial charge on any atom is -0.315 e. The zero-order valence-corrected chi connectivity index (χ0v) is 18.3. The van der Waals surface area contributed by atoms with Crippen molar-refractivity contribution in [2.45, 2.75) is 57.2 Å². The molecule has 27 heavy (non-hydrogen) atoms. The van der Waals surface area contributed by atoms with Crippen LogP contribution in [0.3, 0.4) is 0 Å². The fourth-order valence-electron chi connectivity index (χ4n) is 4.49. The van der Waals surface area contributed by atoms with Crippen LogP contribution >= 0.6 is 27.5 Å². The number of halogens is 2. The van der Waals surface area contributed by atoms with Crippen molar-refractivity contribution < 1.29 is 0 Å². The number of piperidine rings is 1. The van der Waals surface area contributed by atoms with Crippen molar-refractivity contribution >= 4 is 27.5 Å². The summed E-state index contributed by atoms with van der Waals surface area (Å²) < 4.78 is 0.974. The van der Waals surface area contributed by atoms with Crippen LogP contribution in [-0.2, 0) is 6.54 Å². The molecule has 0 spiro atoms. The van der Waals surface area contributed by atoms with Gasteiger partial charge >= 0.3 is 0 Å². The van der Waals surface area contributed by atoms with Crippen molar-refractivity contribution in [2.75, 3.05) is 13.1 Å². The summed E-state index contributed by atoms with van der Waals surface area (Å²) in [5.41, 5.74) is 4.16. The quantitative estimate of drug-likeness (QED) is 0.613. The molecule has 4 rings (SSSR count). The minimum absolute atomic E-state index is 0.630. The van der Waals surface area contributed by atoms with E-state index in [1.165, 1.54) is 42.4 Å². The lowest BCUT2D eigenvalue weighted by Crippen LogP contribution is -2.53. The van der Waals surface area contributed by atoms with E-state index in [9.17, 15) is 0 Å². The third-order valence-electron chi connectivity index (χ3n) is 6.22. The highest BCUT2D eigenvalue weighted by atomic mass is 79.9. The summed E-state index contributed by atoms with van der Waals surface area (Å²) >= 11 is 9.86. The van der Waals surface area contributed by atoms with Crippen LogP contribution in [0.5, 0.6) is 0 Å². The predicted octanol–water partition coefficient (Wildman–Crippen LogP) is 5.91. The van der Waals surface area contributed by atoms with Crippen LogP contribution in [0.25, 0.3) is 0 Å². The standard InChI is InChI=1S/C23H28BrClN2/c1-16-4-7-18(8-5-16)19-12-21(13-19)27(20-3-2-10-26-14-20)15-17-6-9-22(24)23(25)11-17/h4-9,11,19-21,26H,2-3,10,12-15H2,1H3. The molecule has 2 aromatic rings. The maximum absolute atomic E-state index is 6.35. The Morgan fingerprint density at radius 1 is 1.11 bits per heavy atom. The van der Waals surface area contributed by atoms with Gasteiger partial charge in [-0.25, -0.2) is 0 Å². The molecule has 1 unspecified atom stereocenters. The monoisotopic (exact) mass is 446 g/mol. The molecule has 0 amide bonds. The van der Waals surface area contributed by atoms with Crippen LogP contribution in [0.15, 0.2) is 46.9 Å². The van der Waals surface area contributed by atoms with E-state index in [4.69, 9.17) is 11.6 Å². The van der Waals surface area contributed by atoms with Gasteiger partial charge in [0.2, 0.25) is 0 Å².